The van der Waals surface area contributed by atoms with Gasteiger partial charge in [0, 0.05) is 12.2 Å². The van der Waals surface area contributed by atoms with Crippen LogP contribution in [-0.4, -0.2) is 28.7 Å². The summed E-state index contributed by atoms with van der Waals surface area (Å²) in [6.07, 6.45) is 1.95. The maximum Gasteiger partial charge on any atom is 0.237 e. The van der Waals surface area contributed by atoms with Gasteiger partial charge in [-0.25, -0.2) is 0 Å². The number of amides is 1. The average molecular weight is 446 g/mol. The number of carbonyl (C=O) groups excluding carboxylic acids is 1. The molecule has 6 heteroatoms. The van der Waals surface area contributed by atoms with E-state index in [1.807, 2.05) is 26.0 Å². The van der Waals surface area contributed by atoms with Gasteiger partial charge in [0.25, 0.3) is 0 Å². The number of phenolic OH excluding ortho intramolecular Hbond substituents is 2. The predicted molar refractivity (Wildman–Crippen MR) is 131 cm³/mol. The minimum absolute atomic E-state index is 0.110. The van der Waals surface area contributed by atoms with E-state index in [-0.39, 0.29) is 23.4 Å². The normalized spacial score (nSPS) is 15.9. The summed E-state index contributed by atoms with van der Waals surface area (Å²) in [6.45, 7) is 4.62. The first-order chi connectivity index (χ1) is 15.8. The third-order valence-electron chi connectivity index (χ3n) is 6.34. The molecule has 0 unspecified atom stereocenters. The molecule has 0 radical (unpaired) electrons. The summed E-state index contributed by atoms with van der Waals surface area (Å²) in [5, 5.41) is 25.9. The van der Waals surface area contributed by atoms with Gasteiger partial charge in [0.05, 0.1) is 12.1 Å². The molecular formula is C27H31N3O3. The van der Waals surface area contributed by atoms with Gasteiger partial charge < -0.3 is 26.6 Å². The van der Waals surface area contributed by atoms with Crippen LogP contribution in [-0.2, 0) is 17.6 Å². The summed E-state index contributed by atoms with van der Waals surface area (Å²) in [5.74, 6) is 0.301. The number of fused-ring (bicyclic) bond motifs is 1. The van der Waals surface area contributed by atoms with Gasteiger partial charge in [-0.2, -0.15) is 0 Å². The van der Waals surface area contributed by atoms with E-state index in [4.69, 9.17) is 5.73 Å². The molecule has 1 aliphatic rings. The van der Waals surface area contributed by atoms with Crippen LogP contribution in [0.4, 0.5) is 5.69 Å². The van der Waals surface area contributed by atoms with Crippen molar-refractivity contribution in [2.24, 2.45) is 5.73 Å². The third-order valence-corrected chi connectivity index (χ3v) is 6.34. The zero-order valence-electron chi connectivity index (χ0n) is 19.1. The second-order valence-electron chi connectivity index (χ2n) is 8.91. The molecule has 33 heavy (non-hydrogen) atoms. The molecule has 2 atom stereocenters. The largest absolute Gasteiger partial charge is 0.508 e. The van der Waals surface area contributed by atoms with E-state index in [0.717, 1.165) is 58.5 Å². The van der Waals surface area contributed by atoms with Crippen molar-refractivity contribution in [3.8, 4) is 11.5 Å². The third kappa shape index (κ3) is 5.29. The molecule has 6 nitrogen and oxygen atoms in total. The summed E-state index contributed by atoms with van der Waals surface area (Å²) >= 11 is 0. The Morgan fingerprint density at radius 3 is 2.39 bits per heavy atom. The van der Waals surface area contributed by atoms with Crippen LogP contribution in [0.2, 0.25) is 0 Å². The minimum atomic E-state index is -0.676. The van der Waals surface area contributed by atoms with Gasteiger partial charge >= 0.3 is 0 Å². The first kappa shape index (κ1) is 22.7. The predicted octanol–water partition coefficient (Wildman–Crippen LogP) is 3.85. The highest BCUT2D eigenvalue weighted by molar-refractivity contribution is 5.82. The number of aryl methyl sites for hydroxylation is 2. The molecule has 0 fully saturated rings. The average Bonchev–Trinajstić information content (AvgIpc) is 2.78. The summed E-state index contributed by atoms with van der Waals surface area (Å²) in [7, 11) is 0. The number of hydrogen-bond donors (Lipinski definition) is 5. The number of rotatable bonds is 6. The van der Waals surface area contributed by atoms with E-state index in [0.29, 0.717) is 6.42 Å². The van der Waals surface area contributed by atoms with E-state index in [9.17, 15) is 15.0 Å². The lowest BCUT2D eigenvalue weighted by Crippen LogP contribution is -2.44. The van der Waals surface area contributed by atoms with Gasteiger partial charge in [-0.3, -0.25) is 4.79 Å². The highest BCUT2D eigenvalue weighted by atomic mass is 16.3. The van der Waals surface area contributed by atoms with Crippen molar-refractivity contribution in [2.45, 2.75) is 45.2 Å². The second-order valence-corrected chi connectivity index (χ2v) is 8.91. The number of nitrogens with two attached hydrogens (primary N) is 1. The Balaban J connectivity index is 1.48. The molecule has 0 aliphatic carbocycles. The van der Waals surface area contributed by atoms with Gasteiger partial charge in [0.15, 0.2) is 0 Å². The SMILES string of the molecule is Cc1cc(O)cc(C)c1C[C@H](N)C(=O)N[C@@H]1CCNc2ccc(Cc3ccc(O)cc3)cc21. The van der Waals surface area contributed by atoms with Crippen LogP contribution in [0.1, 0.15) is 45.8 Å². The lowest BCUT2D eigenvalue weighted by molar-refractivity contribution is -0.123. The fourth-order valence-corrected chi connectivity index (χ4v) is 4.56. The standard InChI is InChI=1S/C27H31N3O3/c1-16-11-21(32)12-17(2)22(16)15-24(28)27(33)30-26-9-10-29-25-8-5-19(14-23(25)26)13-18-3-6-20(31)7-4-18/h3-8,11-12,14,24,26,29,31-32H,9-10,13,15,28H2,1-2H3,(H,30,33)/t24-,26+/m0/s1. The Morgan fingerprint density at radius 1 is 1.03 bits per heavy atom. The van der Waals surface area contributed by atoms with Gasteiger partial charge in [-0.1, -0.05) is 24.3 Å². The van der Waals surface area contributed by atoms with Crippen LogP contribution in [0.5, 0.6) is 11.5 Å². The topological polar surface area (TPSA) is 108 Å². The first-order valence-corrected chi connectivity index (χ1v) is 11.3. The summed E-state index contributed by atoms with van der Waals surface area (Å²) in [4.78, 5) is 13.0. The van der Waals surface area contributed by atoms with Crippen molar-refractivity contribution in [2.75, 3.05) is 11.9 Å². The smallest absolute Gasteiger partial charge is 0.237 e. The van der Waals surface area contributed by atoms with Crippen molar-refractivity contribution in [3.63, 3.8) is 0 Å². The molecular weight excluding hydrogens is 414 g/mol. The number of anilines is 1. The van der Waals surface area contributed by atoms with E-state index in [2.05, 4.69) is 28.8 Å². The Hall–Kier alpha value is -3.51. The Morgan fingerprint density at radius 2 is 1.70 bits per heavy atom. The van der Waals surface area contributed by atoms with E-state index >= 15 is 0 Å². The molecule has 1 amide bonds. The van der Waals surface area contributed by atoms with E-state index in [1.54, 1.807) is 24.3 Å². The van der Waals surface area contributed by atoms with Crippen molar-refractivity contribution < 1.29 is 15.0 Å². The fraction of sp³-hybridized carbons (Fsp3) is 0.296. The van der Waals surface area contributed by atoms with Crippen LogP contribution < -0.4 is 16.4 Å². The van der Waals surface area contributed by atoms with Crippen LogP contribution in [0.25, 0.3) is 0 Å². The van der Waals surface area contributed by atoms with Crippen molar-refractivity contribution >= 4 is 11.6 Å². The van der Waals surface area contributed by atoms with Crippen molar-refractivity contribution in [3.05, 3.63) is 88.0 Å². The Labute approximate surface area is 194 Å². The summed E-state index contributed by atoms with van der Waals surface area (Å²) in [6, 6.07) is 16.1. The maximum absolute atomic E-state index is 13.0. The molecule has 3 aromatic carbocycles. The number of benzene rings is 3. The quantitative estimate of drug-likeness (QED) is 0.396. The summed E-state index contributed by atoms with van der Waals surface area (Å²) < 4.78 is 0. The number of aromatic hydroxyl groups is 2. The Kier molecular flexibility index (Phi) is 6.56. The van der Waals surface area contributed by atoms with Crippen molar-refractivity contribution in [1.29, 1.82) is 0 Å². The molecule has 3 aromatic rings. The highest BCUT2D eigenvalue weighted by Gasteiger charge is 2.25. The fourth-order valence-electron chi connectivity index (χ4n) is 4.56. The van der Waals surface area contributed by atoms with E-state index in [1.165, 1.54) is 0 Å². The van der Waals surface area contributed by atoms with Crippen LogP contribution in [0.3, 0.4) is 0 Å². The molecule has 1 heterocycles. The maximum atomic E-state index is 13.0. The molecule has 172 valence electrons. The molecule has 0 spiro atoms. The van der Waals surface area contributed by atoms with Crippen LogP contribution in [0, 0.1) is 13.8 Å². The number of hydrogen-bond acceptors (Lipinski definition) is 5. The van der Waals surface area contributed by atoms with Crippen molar-refractivity contribution in [1.82, 2.24) is 5.32 Å². The molecule has 0 saturated heterocycles. The van der Waals surface area contributed by atoms with Gasteiger partial charge in [0.1, 0.15) is 11.5 Å². The molecule has 0 aromatic heterocycles. The van der Waals surface area contributed by atoms with E-state index < -0.39 is 6.04 Å². The first-order valence-electron chi connectivity index (χ1n) is 11.3. The van der Waals surface area contributed by atoms with Gasteiger partial charge in [-0.05, 0) is 96.8 Å². The number of phenols is 2. The van der Waals surface area contributed by atoms with Gasteiger partial charge in [-0.15, -0.1) is 0 Å². The highest BCUT2D eigenvalue weighted by Crippen LogP contribution is 2.31. The minimum Gasteiger partial charge on any atom is -0.508 e. The summed E-state index contributed by atoms with van der Waals surface area (Å²) in [5.41, 5.74) is 13.5. The molecule has 6 N–H and O–H groups in total. The molecule has 0 saturated carbocycles. The molecule has 0 bridgehead atoms. The monoisotopic (exact) mass is 445 g/mol. The lowest BCUT2D eigenvalue weighted by atomic mass is 9.92. The molecule has 1 aliphatic heterocycles. The second kappa shape index (κ2) is 9.55. The van der Waals surface area contributed by atoms with Gasteiger partial charge in [0.2, 0.25) is 5.91 Å². The Bertz CT molecular complexity index is 1130. The number of nitrogens with one attached hydrogen (secondary N) is 2. The zero-order valence-corrected chi connectivity index (χ0v) is 19.1. The number of carbonyl (C=O) groups is 1. The molecule has 4 rings (SSSR count). The lowest BCUT2D eigenvalue weighted by Gasteiger charge is -2.29. The van der Waals surface area contributed by atoms with Crippen LogP contribution in [0.15, 0.2) is 54.6 Å². The van der Waals surface area contributed by atoms with Crippen LogP contribution >= 0.6 is 0 Å². The zero-order chi connectivity index (χ0) is 23.5.